The molecule has 2 aromatic rings. The van der Waals surface area contributed by atoms with Gasteiger partial charge < -0.3 is 14.2 Å². The number of rotatable bonds is 6. The molecule has 3 rings (SSSR count). The van der Waals surface area contributed by atoms with Crippen LogP contribution in [0.15, 0.2) is 53.2 Å². The van der Waals surface area contributed by atoms with Gasteiger partial charge in [0.25, 0.3) is 0 Å². The molecular formula is C20H18ClNO4. The van der Waals surface area contributed by atoms with Gasteiger partial charge in [0.1, 0.15) is 0 Å². The zero-order chi connectivity index (χ0) is 18.5. The van der Waals surface area contributed by atoms with Gasteiger partial charge in [-0.1, -0.05) is 17.7 Å². The smallest absolute Gasteiger partial charge is 0.363 e. The van der Waals surface area contributed by atoms with E-state index in [9.17, 15) is 4.79 Å². The van der Waals surface area contributed by atoms with Crippen molar-refractivity contribution in [2.75, 3.05) is 13.2 Å². The van der Waals surface area contributed by atoms with E-state index in [0.717, 1.165) is 5.56 Å². The number of hydrogen-bond acceptors (Lipinski definition) is 5. The van der Waals surface area contributed by atoms with Crippen LogP contribution >= 0.6 is 11.6 Å². The second kappa shape index (κ2) is 8.06. The summed E-state index contributed by atoms with van der Waals surface area (Å²) in [7, 11) is 0. The summed E-state index contributed by atoms with van der Waals surface area (Å²) in [4.78, 5) is 16.4. The van der Waals surface area contributed by atoms with Crippen molar-refractivity contribution in [2.45, 2.75) is 13.8 Å². The lowest BCUT2D eigenvalue weighted by Gasteiger charge is -2.11. The van der Waals surface area contributed by atoms with Gasteiger partial charge in [-0.25, -0.2) is 9.79 Å². The van der Waals surface area contributed by atoms with Crippen molar-refractivity contribution in [1.29, 1.82) is 0 Å². The van der Waals surface area contributed by atoms with Crippen LogP contribution in [0, 0.1) is 0 Å². The zero-order valence-corrected chi connectivity index (χ0v) is 15.2. The molecule has 6 heteroatoms. The molecule has 1 aliphatic heterocycles. The van der Waals surface area contributed by atoms with Crippen LogP contribution in [0.2, 0.25) is 5.02 Å². The summed E-state index contributed by atoms with van der Waals surface area (Å²) in [5.41, 5.74) is 1.68. The van der Waals surface area contributed by atoms with Gasteiger partial charge in [-0.05, 0) is 61.9 Å². The minimum atomic E-state index is -0.498. The highest BCUT2D eigenvalue weighted by Crippen LogP contribution is 2.30. The molecular weight excluding hydrogens is 354 g/mol. The molecule has 134 valence electrons. The number of aliphatic imine (C=N–C) groups is 1. The Hall–Kier alpha value is -2.79. The van der Waals surface area contributed by atoms with Crippen molar-refractivity contribution in [2.24, 2.45) is 4.99 Å². The molecule has 0 aromatic heterocycles. The molecule has 0 saturated carbocycles. The number of halogens is 1. The Bertz CT molecular complexity index is 872. The van der Waals surface area contributed by atoms with E-state index in [1.807, 2.05) is 32.0 Å². The van der Waals surface area contributed by atoms with Crippen LogP contribution < -0.4 is 9.47 Å². The Morgan fingerprint density at radius 3 is 2.42 bits per heavy atom. The van der Waals surface area contributed by atoms with E-state index >= 15 is 0 Å². The Kier molecular flexibility index (Phi) is 5.58. The molecule has 0 bridgehead atoms. The highest BCUT2D eigenvalue weighted by Gasteiger charge is 2.24. The van der Waals surface area contributed by atoms with E-state index in [0.29, 0.717) is 35.3 Å². The highest BCUT2D eigenvalue weighted by molar-refractivity contribution is 6.30. The summed E-state index contributed by atoms with van der Waals surface area (Å²) in [6, 6.07) is 12.4. The van der Waals surface area contributed by atoms with Crippen LogP contribution in [0.5, 0.6) is 11.5 Å². The first-order valence-corrected chi connectivity index (χ1v) is 8.66. The summed E-state index contributed by atoms with van der Waals surface area (Å²) in [6.45, 7) is 4.87. The summed E-state index contributed by atoms with van der Waals surface area (Å²) in [5.74, 6) is 1.04. The maximum absolute atomic E-state index is 12.1. The predicted octanol–water partition coefficient (Wildman–Crippen LogP) is 4.48. The second-order valence-electron chi connectivity index (χ2n) is 5.42. The molecule has 0 radical (unpaired) electrons. The minimum Gasteiger partial charge on any atom is -0.490 e. The fraction of sp³-hybridized carbons (Fsp3) is 0.200. The monoisotopic (exact) mass is 371 g/mol. The molecule has 0 saturated heterocycles. The Labute approximate surface area is 156 Å². The largest absolute Gasteiger partial charge is 0.490 e. The van der Waals surface area contributed by atoms with Gasteiger partial charge in [0.15, 0.2) is 17.2 Å². The molecule has 0 N–H and O–H groups in total. The first kappa shape index (κ1) is 18.0. The topological polar surface area (TPSA) is 57.1 Å². The maximum Gasteiger partial charge on any atom is 0.363 e. The van der Waals surface area contributed by atoms with E-state index < -0.39 is 5.97 Å². The predicted molar refractivity (Wildman–Crippen MR) is 101 cm³/mol. The molecule has 0 aliphatic carbocycles. The summed E-state index contributed by atoms with van der Waals surface area (Å²) in [5, 5.41) is 0.604. The zero-order valence-electron chi connectivity index (χ0n) is 14.5. The van der Waals surface area contributed by atoms with Crippen molar-refractivity contribution < 1.29 is 19.0 Å². The molecule has 26 heavy (non-hydrogen) atoms. The number of benzene rings is 2. The van der Waals surface area contributed by atoms with Crippen molar-refractivity contribution in [1.82, 2.24) is 0 Å². The molecule has 0 atom stereocenters. The molecule has 2 aromatic carbocycles. The molecule has 1 aliphatic rings. The lowest BCUT2D eigenvalue weighted by molar-refractivity contribution is -0.129. The Morgan fingerprint density at radius 2 is 1.73 bits per heavy atom. The maximum atomic E-state index is 12.1. The first-order valence-electron chi connectivity index (χ1n) is 8.29. The number of nitrogens with zero attached hydrogens (tertiary/aromatic N) is 1. The van der Waals surface area contributed by atoms with E-state index in [1.165, 1.54) is 0 Å². The standard InChI is InChI=1S/C20H18ClNO4/c1-3-24-17-10-5-13(12-18(17)25-4-2)11-16-20(23)26-19(22-16)14-6-8-15(21)9-7-14/h5-12H,3-4H2,1-2H3. The van der Waals surface area contributed by atoms with E-state index in [-0.39, 0.29) is 11.6 Å². The third-order valence-electron chi connectivity index (χ3n) is 3.58. The third-order valence-corrected chi connectivity index (χ3v) is 3.83. The molecule has 0 fully saturated rings. The van der Waals surface area contributed by atoms with Crippen LogP contribution in [0.3, 0.4) is 0 Å². The minimum absolute atomic E-state index is 0.224. The molecule has 1 heterocycles. The Morgan fingerprint density at radius 1 is 1.04 bits per heavy atom. The average Bonchev–Trinajstić information content (AvgIpc) is 2.99. The van der Waals surface area contributed by atoms with Crippen molar-refractivity contribution >= 4 is 29.5 Å². The van der Waals surface area contributed by atoms with Crippen LogP contribution in [-0.2, 0) is 9.53 Å². The lowest BCUT2D eigenvalue weighted by atomic mass is 10.1. The molecule has 0 spiro atoms. The van der Waals surface area contributed by atoms with Gasteiger partial charge in [-0.2, -0.15) is 0 Å². The van der Waals surface area contributed by atoms with E-state index in [4.69, 9.17) is 25.8 Å². The van der Waals surface area contributed by atoms with Gasteiger partial charge in [0.2, 0.25) is 5.90 Å². The van der Waals surface area contributed by atoms with Crippen molar-refractivity contribution in [3.63, 3.8) is 0 Å². The average molecular weight is 372 g/mol. The quantitative estimate of drug-likeness (QED) is 0.555. The highest BCUT2D eigenvalue weighted by atomic mass is 35.5. The number of cyclic esters (lactones) is 1. The van der Waals surface area contributed by atoms with Gasteiger partial charge in [-0.15, -0.1) is 0 Å². The number of esters is 1. The number of carbonyl (C=O) groups is 1. The fourth-order valence-electron chi connectivity index (χ4n) is 2.44. The van der Waals surface area contributed by atoms with Gasteiger partial charge >= 0.3 is 5.97 Å². The van der Waals surface area contributed by atoms with E-state index in [1.54, 1.807) is 30.3 Å². The normalized spacial score (nSPS) is 15.0. The van der Waals surface area contributed by atoms with Gasteiger partial charge in [0, 0.05) is 10.6 Å². The van der Waals surface area contributed by atoms with Crippen LogP contribution in [0.1, 0.15) is 25.0 Å². The fourth-order valence-corrected chi connectivity index (χ4v) is 2.57. The van der Waals surface area contributed by atoms with Crippen LogP contribution in [0.25, 0.3) is 6.08 Å². The van der Waals surface area contributed by atoms with Crippen molar-refractivity contribution in [3.05, 3.63) is 64.3 Å². The van der Waals surface area contributed by atoms with Gasteiger partial charge in [0.05, 0.1) is 13.2 Å². The third kappa shape index (κ3) is 4.06. The molecule has 0 unspecified atom stereocenters. The second-order valence-corrected chi connectivity index (χ2v) is 5.85. The van der Waals surface area contributed by atoms with Gasteiger partial charge in [-0.3, -0.25) is 0 Å². The summed E-state index contributed by atoms with van der Waals surface area (Å²) in [6.07, 6.45) is 1.66. The summed E-state index contributed by atoms with van der Waals surface area (Å²) >= 11 is 5.88. The Balaban J connectivity index is 1.90. The number of hydrogen-bond donors (Lipinski definition) is 0. The van der Waals surface area contributed by atoms with Crippen LogP contribution in [-0.4, -0.2) is 25.1 Å². The SMILES string of the molecule is CCOc1ccc(C=C2N=C(c3ccc(Cl)cc3)OC2=O)cc1OCC. The van der Waals surface area contributed by atoms with Crippen molar-refractivity contribution in [3.8, 4) is 11.5 Å². The molecule has 0 amide bonds. The number of carbonyl (C=O) groups excluding carboxylic acids is 1. The van der Waals surface area contributed by atoms with E-state index in [2.05, 4.69) is 4.99 Å². The lowest BCUT2D eigenvalue weighted by Crippen LogP contribution is -2.05. The number of ether oxygens (including phenoxy) is 3. The first-order chi connectivity index (χ1) is 12.6. The van der Waals surface area contributed by atoms with Crippen LogP contribution in [0.4, 0.5) is 0 Å². The summed E-state index contributed by atoms with van der Waals surface area (Å²) < 4.78 is 16.4. The molecule has 5 nitrogen and oxygen atoms in total.